The molecule has 25 heavy (non-hydrogen) atoms. The van der Waals surface area contributed by atoms with Gasteiger partial charge in [0.2, 0.25) is 0 Å². The van der Waals surface area contributed by atoms with Crippen molar-refractivity contribution in [2.45, 2.75) is 60.5 Å². The Morgan fingerprint density at radius 3 is 2.36 bits per heavy atom. The number of hydrogen-bond acceptors (Lipinski definition) is 3. The molecule has 0 atom stereocenters. The van der Waals surface area contributed by atoms with E-state index >= 15 is 0 Å². The SMILES string of the molecule is CCNC(=NCc1c(C)cc(C)cc1C)NCc1cc(C(C)C)no1. The van der Waals surface area contributed by atoms with E-state index in [0.29, 0.717) is 19.0 Å². The summed E-state index contributed by atoms with van der Waals surface area (Å²) in [6.07, 6.45) is 0. The maximum atomic E-state index is 5.37. The maximum Gasteiger partial charge on any atom is 0.191 e. The molecular formula is C20H30N4O. The van der Waals surface area contributed by atoms with Crippen LogP contribution in [0.1, 0.15) is 60.4 Å². The molecule has 5 nitrogen and oxygen atoms in total. The Labute approximate surface area is 150 Å². The normalized spacial score (nSPS) is 11.9. The summed E-state index contributed by atoms with van der Waals surface area (Å²) in [6, 6.07) is 6.41. The molecular weight excluding hydrogens is 312 g/mol. The first kappa shape index (κ1) is 19.0. The zero-order valence-electron chi connectivity index (χ0n) is 16.2. The number of aryl methyl sites for hydroxylation is 3. The van der Waals surface area contributed by atoms with E-state index in [2.05, 4.69) is 69.5 Å². The highest BCUT2D eigenvalue weighted by Gasteiger charge is 2.09. The van der Waals surface area contributed by atoms with Gasteiger partial charge in [0, 0.05) is 12.6 Å². The van der Waals surface area contributed by atoms with Crippen molar-refractivity contribution in [1.82, 2.24) is 15.8 Å². The summed E-state index contributed by atoms with van der Waals surface area (Å²) in [5.41, 5.74) is 6.12. The number of hydrogen-bond donors (Lipinski definition) is 2. The Balaban J connectivity index is 2.05. The van der Waals surface area contributed by atoms with Crippen LogP contribution in [-0.4, -0.2) is 17.7 Å². The predicted octanol–water partition coefficient (Wildman–Crippen LogP) is 3.98. The third-order valence-corrected chi connectivity index (χ3v) is 4.18. The van der Waals surface area contributed by atoms with Crippen LogP contribution in [0.2, 0.25) is 0 Å². The average molecular weight is 342 g/mol. The van der Waals surface area contributed by atoms with Crippen molar-refractivity contribution in [3.63, 3.8) is 0 Å². The number of nitrogens with zero attached hydrogens (tertiary/aromatic N) is 2. The molecule has 0 spiro atoms. The first-order valence-electron chi connectivity index (χ1n) is 8.95. The van der Waals surface area contributed by atoms with E-state index in [-0.39, 0.29) is 0 Å². The molecule has 1 aromatic carbocycles. The summed E-state index contributed by atoms with van der Waals surface area (Å²) < 4.78 is 5.37. The second-order valence-corrected chi connectivity index (χ2v) is 6.80. The molecule has 0 aliphatic rings. The molecule has 136 valence electrons. The fourth-order valence-corrected chi connectivity index (χ4v) is 2.81. The molecule has 1 aromatic heterocycles. The zero-order chi connectivity index (χ0) is 18.4. The molecule has 0 unspecified atom stereocenters. The third-order valence-electron chi connectivity index (χ3n) is 4.18. The van der Waals surface area contributed by atoms with E-state index in [1.807, 2.05) is 6.07 Å². The molecule has 0 saturated carbocycles. The summed E-state index contributed by atoms with van der Waals surface area (Å²) in [7, 11) is 0. The van der Waals surface area contributed by atoms with Crippen molar-refractivity contribution < 1.29 is 4.52 Å². The van der Waals surface area contributed by atoms with Crippen molar-refractivity contribution in [3.05, 3.63) is 51.9 Å². The number of benzene rings is 1. The van der Waals surface area contributed by atoms with Gasteiger partial charge in [-0.2, -0.15) is 0 Å². The van der Waals surface area contributed by atoms with Gasteiger partial charge in [-0.1, -0.05) is 36.7 Å². The van der Waals surface area contributed by atoms with Gasteiger partial charge in [0.1, 0.15) is 0 Å². The second kappa shape index (κ2) is 8.70. The fourth-order valence-electron chi connectivity index (χ4n) is 2.81. The van der Waals surface area contributed by atoms with Crippen molar-refractivity contribution in [2.24, 2.45) is 4.99 Å². The third kappa shape index (κ3) is 5.34. The molecule has 2 aromatic rings. The van der Waals surface area contributed by atoms with Crippen molar-refractivity contribution in [1.29, 1.82) is 0 Å². The molecule has 0 saturated heterocycles. The Morgan fingerprint density at radius 1 is 1.12 bits per heavy atom. The van der Waals surface area contributed by atoms with Crippen LogP contribution in [0.3, 0.4) is 0 Å². The molecule has 0 amide bonds. The first-order valence-corrected chi connectivity index (χ1v) is 8.95. The summed E-state index contributed by atoms with van der Waals surface area (Å²) in [5, 5.41) is 10.7. The molecule has 0 fully saturated rings. The van der Waals surface area contributed by atoms with Crippen LogP contribution >= 0.6 is 0 Å². The Morgan fingerprint density at radius 2 is 1.80 bits per heavy atom. The van der Waals surface area contributed by atoms with Gasteiger partial charge in [-0.15, -0.1) is 0 Å². The minimum atomic E-state index is 0.367. The van der Waals surface area contributed by atoms with Crippen LogP contribution in [0.4, 0.5) is 0 Å². The lowest BCUT2D eigenvalue weighted by Gasteiger charge is -2.12. The van der Waals surface area contributed by atoms with Crippen LogP contribution in [0.15, 0.2) is 27.7 Å². The number of rotatable bonds is 6. The molecule has 2 rings (SSSR count). The van der Waals surface area contributed by atoms with Crippen LogP contribution in [0.5, 0.6) is 0 Å². The largest absolute Gasteiger partial charge is 0.359 e. The maximum absolute atomic E-state index is 5.37. The van der Waals surface area contributed by atoms with Crippen molar-refractivity contribution >= 4 is 5.96 Å². The van der Waals surface area contributed by atoms with E-state index in [1.54, 1.807) is 0 Å². The minimum Gasteiger partial charge on any atom is -0.359 e. The van der Waals surface area contributed by atoms with Crippen LogP contribution in [-0.2, 0) is 13.1 Å². The molecule has 1 heterocycles. The van der Waals surface area contributed by atoms with Gasteiger partial charge in [0.25, 0.3) is 0 Å². The topological polar surface area (TPSA) is 62.5 Å². The summed E-state index contributed by atoms with van der Waals surface area (Å²) >= 11 is 0. The quantitative estimate of drug-likeness (QED) is 0.616. The first-order chi connectivity index (χ1) is 11.9. The lowest BCUT2D eigenvalue weighted by molar-refractivity contribution is 0.372. The molecule has 5 heteroatoms. The van der Waals surface area contributed by atoms with Crippen LogP contribution in [0, 0.1) is 20.8 Å². The van der Waals surface area contributed by atoms with E-state index < -0.39 is 0 Å². The van der Waals surface area contributed by atoms with Gasteiger partial charge in [0.15, 0.2) is 11.7 Å². The summed E-state index contributed by atoms with van der Waals surface area (Å²) in [6.45, 7) is 14.7. The summed E-state index contributed by atoms with van der Waals surface area (Å²) in [4.78, 5) is 4.72. The van der Waals surface area contributed by atoms with E-state index in [4.69, 9.17) is 9.52 Å². The highest BCUT2D eigenvalue weighted by molar-refractivity contribution is 5.79. The van der Waals surface area contributed by atoms with Gasteiger partial charge in [-0.25, -0.2) is 4.99 Å². The molecule has 0 aliphatic carbocycles. The smallest absolute Gasteiger partial charge is 0.191 e. The van der Waals surface area contributed by atoms with E-state index in [0.717, 1.165) is 24.0 Å². The van der Waals surface area contributed by atoms with Gasteiger partial charge < -0.3 is 15.2 Å². The lowest BCUT2D eigenvalue weighted by Crippen LogP contribution is -2.36. The van der Waals surface area contributed by atoms with E-state index in [1.165, 1.54) is 22.3 Å². The molecule has 0 aliphatic heterocycles. The molecule has 0 radical (unpaired) electrons. The monoisotopic (exact) mass is 342 g/mol. The van der Waals surface area contributed by atoms with Crippen molar-refractivity contribution in [2.75, 3.05) is 6.54 Å². The molecule has 2 N–H and O–H groups in total. The Bertz CT molecular complexity index is 708. The van der Waals surface area contributed by atoms with Gasteiger partial charge in [-0.3, -0.25) is 0 Å². The minimum absolute atomic E-state index is 0.367. The predicted molar refractivity (Wildman–Crippen MR) is 103 cm³/mol. The average Bonchev–Trinajstić information content (AvgIpc) is 3.00. The fraction of sp³-hybridized carbons (Fsp3) is 0.500. The highest BCUT2D eigenvalue weighted by Crippen LogP contribution is 2.17. The Hall–Kier alpha value is -2.30. The van der Waals surface area contributed by atoms with Crippen LogP contribution in [0.25, 0.3) is 0 Å². The summed E-state index contributed by atoms with van der Waals surface area (Å²) in [5.74, 6) is 1.97. The van der Waals surface area contributed by atoms with Crippen molar-refractivity contribution in [3.8, 4) is 0 Å². The molecule has 0 bridgehead atoms. The number of nitrogens with one attached hydrogen (secondary N) is 2. The van der Waals surface area contributed by atoms with E-state index in [9.17, 15) is 0 Å². The number of guanidine groups is 1. The standard InChI is InChI=1S/C20H30N4O/c1-7-21-20(22-11-17-10-19(13(2)3)24-25-17)23-12-18-15(5)8-14(4)9-16(18)6/h8-10,13H,7,11-12H2,1-6H3,(H2,21,22,23). The van der Waals surface area contributed by atoms with Gasteiger partial charge in [-0.05, 0) is 50.3 Å². The zero-order valence-corrected chi connectivity index (χ0v) is 16.2. The number of aromatic nitrogens is 1. The Kier molecular flexibility index (Phi) is 6.62. The van der Waals surface area contributed by atoms with Gasteiger partial charge >= 0.3 is 0 Å². The lowest BCUT2D eigenvalue weighted by atomic mass is 10.00. The highest BCUT2D eigenvalue weighted by atomic mass is 16.5. The van der Waals surface area contributed by atoms with Gasteiger partial charge in [0.05, 0.1) is 18.8 Å². The van der Waals surface area contributed by atoms with Crippen LogP contribution < -0.4 is 10.6 Å². The number of aliphatic imine (C=N–C) groups is 1. The second-order valence-electron chi connectivity index (χ2n) is 6.80.